The summed E-state index contributed by atoms with van der Waals surface area (Å²) in [6, 6.07) is 13.0. The molecule has 1 atom stereocenters. The summed E-state index contributed by atoms with van der Waals surface area (Å²) in [5.74, 6) is -0.446. The third-order valence-electron chi connectivity index (χ3n) is 5.99. The molecule has 1 heterocycles. The molecule has 6 heteroatoms. The molecule has 0 unspecified atom stereocenters. The van der Waals surface area contributed by atoms with Gasteiger partial charge in [-0.25, -0.2) is 4.79 Å². The van der Waals surface area contributed by atoms with E-state index in [9.17, 15) is 14.4 Å². The summed E-state index contributed by atoms with van der Waals surface area (Å²) in [5.41, 5.74) is 3.49. The van der Waals surface area contributed by atoms with E-state index in [1.165, 1.54) is 0 Å². The van der Waals surface area contributed by atoms with E-state index in [4.69, 9.17) is 0 Å². The second kappa shape index (κ2) is 8.92. The lowest BCUT2D eigenvalue weighted by atomic mass is 9.90. The third kappa shape index (κ3) is 4.33. The molecule has 0 aliphatic carbocycles. The lowest BCUT2D eigenvalue weighted by Gasteiger charge is -2.23. The maximum absolute atomic E-state index is 13.2. The van der Waals surface area contributed by atoms with E-state index in [-0.39, 0.29) is 6.54 Å². The number of nitrogens with one attached hydrogen (secondary N) is 2. The van der Waals surface area contributed by atoms with Crippen LogP contribution in [0.3, 0.4) is 0 Å². The first kappa shape index (κ1) is 22.5. The normalized spacial score (nSPS) is 18.5. The summed E-state index contributed by atoms with van der Waals surface area (Å²) < 4.78 is 0. The number of nitrogens with zero attached hydrogens (tertiary/aromatic N) is 1. The van der Waals surface area contributed by atoms with Gasteiger partial charge in [-0.1, -0.05) is 70.2 Å². The van der Waals surface area contributed by atoms with Crippen LogP contribution in [0.1, 0.15) is 62.8 Å². The molecule has 1 aliphatic rings. The number of rotatable bonds is 7. The second-order valence-corrected chi connectivity index (χ2v) is 8.43. The molecule has 1 fully saturated rings. The fourth-order valence-electron chi connectivity index (χ4n) is 3.96. The van der Waals surface area contributed by atoms with Gasteiger partial charge in [-0.2, -0.15) is 0 Å². The number of carbonyl (C=O) groups excluding carboxylic acids is 3. The van der Waals surface area contributed by atoms with E-state index in [0.29, 0.717) is 11.5 Å². The van der Waals surface area contributed by atoms with Crippen LogP contribution in [0.5, 0.6) is 0 Å². The number of benzene rings is 2. The number of hydrogen-bond acceptors (Lipinski definition) is 3. The molecule has 2 aromatic carbocycles. The van der Waals surface area contributed by atoms with Crippen molar-refractivity contribution in [3.05, 3.63) is 64.7 Å². The Morgan fingerprint density at radius 1 is 1.03 bits per heavy atom. The molecule has 1 saturated heterocycles. The van der Waals surface area contributed by atoms with Gasteiger partial charge < -0.3 is 10.6 Å². The maximum Gasteiger partial charge on any atom is 0.325 e. The van der Waals surface area contributed by atoms with Crippen LogP contribution in [0.15, 0.2) is 42.5 Å². The van der Waals surface area contributed by atoms with E-state index in [1.54, 1.807) is 6.92 Å². The van der Waals surface area contributed by atoms with Crippen molar-refractivity contribution in [2.45, 2.75) is 58.9 Å². The molecule has 31 heavy (non-hydrogen) atoms. The second-order valence-electron chi connectivity index (χ2n) is 8.43. The molecule has 2 N–H and O–H groups in total. The Hall–Kier alpha value is -3.15. The molecule has 164 valence electrons. The number of amides is 4. The van der Waals surface area contributed by atoms with Crippen molar-refractivity contribution in [1.29, 1.82) is 0 Å². The first-order valence-corrected chi connectivity index (χ1v) is 10.9. The van der Waals surface area contributed by atoms with Crippen molar-refractivity contribution >= 4 is 23.5 Å². The van der Waals surface area contributed by atoms with Gasteiger partial charge in [0.2, 0.25) is 5.91 Å². The molecule has 0 bridgehead atoms. The van der Waals surface area contributed by atoms with Crippen molar-refractivity contribution in [2.24, 2.45) is 0 Å². The Balaban J connectivity index is 1.78. The van der Waals surface area contributed by atoms with E-state index in [2.05, 4.69) is 24.5 Å². The molecular formula is C25H31N3O3. The van der Waals surface area contributed by atoms with Crippen LogP contribution in [0.4, 0.5) is 10.5 Å². The maximum atomic E-state index is 13.2. The fourth-order valence-corrected chi connectivity index (χ4v) is 3.96. The van der Waals surface area contributed by atoms with Crippen LogP contribution in [-0.2, 0) is 28.0 Å². The van der Waals surface area contributed by atoms with Gasteiger partial charge in [0.1, 0.15) is 12.1 Å². The Kier molecular flexibility index (Phi) is 6.48. The molecule has 3 rings (SSSR count). The number of carbonyl (C=O) groups is 3. The van der Waals surface area contributed by atoms with Crippen molar-refractivity contribution in [3.8, 4) is 0 Å². The minimum Gasteiger partial charge on any atom is -0.324 e. The van der Waals surface area contributed by atoms with Crippen molar-refractivity contribution in [3.63, 3.8) is 0 Å². The zero-order valence-electron chi connectivity index (χ0n) is 18.9. The van der Waals surface area contributed by atoms with Crippen molar-refractivity contribution in [2.75, 3.05) is 11.9 Å². The number of imide groups is 1. The van der Waals surface area contributed by atoms with Crippen LogP contribution in [0, 0.1) is 0 Å². The molecule has 0 spiro atoms. The van der Waals surface area contributed by atoms with Crippen molar-refractivity contribution < 1.29 is 14.4 Å². The highest BCUT2D eigenvalue weighted by Crippen LogP contribution is 2.30. The van der Waals surface area contributed by atoms with Gasteiger partial charge in [-0.3, -0.25) is 14.5 Å². The Morgan fingerprint density at radius 3 is 2.13 bits per heavy atom. The molecule has 0 radical (unpaired) electrons. The molecule has 4 amide bonds. The summed E-state index contributed by atoms with van der Waals surface area (Å²) in [6.45, 7) is 9.60. The van der Waals surface area contributed by atoms with E-state index < -0.39 is 23.4 Å². The number of para-hydroxylation sites is 1. The number of anilines is 1. The summed E-state index contributed by atoms with van der Waals surface area (Å²) >= 11 is 0. The highest BCUT2D eigenvalue weighted by molar-refractivity contribution is 6.10. The number of hydrogen-bond donors (Lipinski definition) is 2. The average molecular weight is 422 g/mol. The van der Waals surface area contributed by atoms with Gasteiger partial charge in [0.05, 0.1) is 0 Å². The number of urea groups is 1. The fraction of sp³-hybridized carbons (Fsp3) is 0.400. The summed E-state index contributed by atoms with van der Waals surface area (Å²) in [4.78, 5) is 39.5. The smallest absolute Gasteiger partial charge is 0.324 e. The van der Waals surface area contributed by atoms with Crippen LogP contribution in [0.25, 0.3) is 0 Å². The Bertz CT molecular complexity index is 975. The predicted molar refractivity (Wildman–Crippen MR) is 122 cm³/mol. The highest BCUT2D eigenvalue weighted by atomic mass is 16.2. The average Bonchev–Trinajstić information content (AvgIpc) is 2.97. The van der Waals surface area contributed by atoms with E-state index in [0.717, 1.165) is 40.1 Å². The largest absolute Gasteiger partial charge is 0.325 e. The predicted octanol–water partition coefficient (Wildman–Crippen LogP) is 4.34. The van der Waals surface area contributed by atoms with Crippen LogP contribution in [0.2, 0.25) is 0 Å². The van der Waals surface area contributed by atoms with E-state index >= 15 is 0 Å². The molecule has 1 aliphatic heterocycles. The van der Waals surface area contributed by atoms with E-state index in [1.807, 2.05) is 56.3 Å². The summed E-state index contributed by atoms with van der Waals surface area (Å²) in [6.07, 6.45) is 1.55. The molecule has 0 saturated carbocycles. The SMILES string of the molecule is CCc1cccc(CC)c1NC(=O)CN1C(=O)N[C@](C)(c2ccc(C(C)C)cc2)C1=O. The molecule has 6 nitrogen and oxygen atoms in total. The van der Waals surface area contributed by atoms with Gasteiger partial charge in [-0.15, -0.1) is 0 Å². The van der Waals surface area contributed by atoms with Gasteiger partial charge in [0, 0.05) is 5.69 Å². The Morgan fingerprint density at radius 2 is 1.61 bits per heavy atom. The minimum atomic E-state index is -1.19. The quantitative estimate of drug-likeness (QED) is 0.653. The first-order valence-electron chi connectivity index (χ1n) is 10.9. The third-order valence-corrected chi connectivity index (χ3v) is 5.99. The van der Waals surface area contributed by atoms with Crippen LogP contribution >= 0.6 is 0 Å². The first-order chi connectivity index (χ1) is 14.7. The molecule has 2 aromatic rings. The molecular weight excluding hydrogens is 390 g/mol. The number of aryl methyl sites for hydroxylation is 2. The van der Waals surface area contributed by atoms with Crippen LogP contribution in [-0.4, -0.2) is 29.3 Å². The van der Waals surface area contributed by atoms with Crippen LogP contribution < -0.4 is 10.6 Å². The summed E-state index contributed by atoms with van der Waals surface area (Å²) in [7, 11) is 0. The zero-order chi connectivity index (χ0) is 22.8. The highest BCUT2D eigenvalue weighted by Gasteiger charge is 2.49. The van der Waals surface area contributed by atoms with Gasteiger partial charge in [-0.05, 0) is 47.9 Å². The minimum absolute atomic E-state index is 0.328. The topological polar surface area (TPSA) is 78.5 Å². The molecule has 0 aromatic heterocycles. The van der Waals surface area contributed by atoms with Crippen molar-refractivity contribution in [1.82, 2.24) is 10.2 Å². The Labute approximate surface area is 184 Å². The van der Waals surface area contributed by atoms with Gasteiger partial charge in [0.15, 0.2) is 0 Å². The lowest BCUT2D eigenvalue weighted by molar-refractivity contribution is -0.133. The van der Waals surface area contributed by atoms with Gasteiger partial charge in [0.25, 0.3) is 5.91 Å². The zero-order valence-corrected chi connectivity index (χ0v) is 18.9. The lowest BCUT2D eigenvalue weighted by Crippen LogP contribution is -2.42. The van der Waals surface area contributed by atoms with Gasteiger partial charge >= 0.3 is 6.03 Å². The summed E-state index contributed by atoms with van der Waals surface area (Å²) in [5, 5.41) is 5.69. The monoisotopic (exact) mass is 421 g/mol. The standard InChI is InChI=1S/C25H31N3O3/c1-6-17-9-8-10-18(7-2)22(17)26-21(29)15-28-23(30)25(5,27-24(28)31)20-13-11-19(12-14-20)16(3)4/h8-14,16H,6-7,15H2,1-5H3,(H,26,29)(H,27,31)/t25-/m1/s1.